The van der Waals surface area contributed by atoms with Crippen LogP contribution in [-0.2, 0) is 14.4 Å². The van der Waals surface area contributed by atoms with Gasteiger partial charge in [0, 0.05) is 24.7 Å². The van der Waals surface area contributed by atoms with Crippen molar-refractivity contribution >= 4 is 32.6 Å². The van der Waals surface area contributed by atoms with Crippen LogP contribution in [0.25, 0.3) is 16.6 Å². The zero-order chi connectivity index (χ0) is 19.1. The molecule has 1 aliphatic rings. The summed E-state index contributed by atoms with van der Waals surface area (Å²) >= 11 is 0. The largest absolute Gasteiger partial charge is 0.604 e. The molecule has 142 valence electrons. The topological polar surface area (TPSA) is 99.3 Å². The Kier molecular flexibility index (Phi) is 4.06. The molecule has 9 heteroatoms. The van der Waals surface area contributed by atoms with E-state index in [0.29, 0.717) is 0 Å². The normalized spacial score (nSPS) is 17.1. The summed E-state index contributed by atoms with van der Waals surface area (Å²) < 4.78 is 27.8. The van der Waals surface area contributed by atoms with Gasteiger partial charge in [-0.15, -0.1) is 0 Å². The lowest BCUT2D eigenvalue weighted by atomic mass is 10.1. The number of hydrogen-bond donors (Lipinski definition) is 0. The van der Waals surface area contributed by atoms with Gasteiger partial charge in [0.25, 0.3) is 0 Å². The molecule has 5 rings (SSSR count). The third-order valence-corrected chi connectivity index (χ3v) is 6.69. The van der Waals surface area contributed by atoms with Crippen LogP contribution >= 0.6 is 0 Å². The summed E-state index contributed by atoms with van der Waals surface area (Å²) in [7, 11) is -3.88. The summed E-state index contributed by atoms with van der Waals surface area (Å²) in [5.41, 5.74) is 1.02. The maximum Gasteiger partial charge on any atom is 0.318 e. The second-order valence-corrected chi connectivity index (χ2v) is 8.69. The molecule has 4 heterocycles. The van der Waals surface area contributed by atoms with Gasteiger partial charge in [-0.2, -0.15) is 4.52 Å². The van der Waals surface area contributed by atoms with Crippen LogP contribution in [-0.4, -0.2) is 42.4 Å². The number of nitrogens with zero attached hydrogens (tertiary/aromatic N) is 6. The lowest BCUT2D eigenvalue weighted by Gasteiger charge is -2.28. The van der Waals surface area contributed by atoms with E-state index in [-0.39, 0.29) is 15.6 Å². The third-order valence-electron chi connectivity index (χ3n) is 5.06. The van der Waals surface area contributed by atoms with Crippen molar-refractivity contribution in [3.63, 3.8) is 0 Å². The molecule has 0 saturated carbocycles. The smallest absolute Gasteiger partial charge is 0.318 e. The van der Waals surface area contributed by atoms with Crippen molar-refractivity contribution in [1.82, 2.24) is 24.8 Å². The number of sulfone groups is 1. The highest BCUT2D eigenvalue weighted by Crippen LogP contribution is 2.32. The van der Waals surface area contributed by atoms with E-state index < -0.39 is 10.2 Å². The van der Waals surface area contributed by atoms with Gasteiger partial charge in [0.15, 0.2) is 4.90 Å². The first-order chi connectivity index (χ1) is 13.7. The van der Waals surface area contributed by atoms with E-state index in [4.69, 9.17) is 4.98 Å². The summed E-state index contributed by atoms with van der Waals surface area (Å²) in [6.07, 6.45) is 6.24. The van der Waals surface area contributed by atoms with Gasteiger partial charge in [-0.25, -0.2) is 4.98 Å². The molecule has 0 aliphatic carbocycles. The zero-order valence-electron chi connectivity index (χ0n) is 15.1. The van der Waals surface area contributed by atoms with Crippen LogP contribution < -0.4 is 4.90 Å². The fourth-order valence-corrected chi connectivity index (χ4v) is 4.86. The van der Waals surface area contributed by atoms with E-state index >= 15 is 0 Å². The minimum atomic E-state index is -3.88. The van der Waals surface area contributed by atoms with E-state index in [9.17, 15) is 8.76 Å². The fourth-order valence-electron chi connectivity index (χ4n) is 3.67. The lowest BCUT2D eigenvalue weighted by Crippen LogP contribution is -2.30. The van der Waals surface area contributed by atoms with E-state index in [1.54, 1.807) is 6.07 Å². The molecule has 0 spiro atoms. The fraction of sp³-hybridized carbons (Fsp3) is 0.263. The molecule has 1 aromatic carbocycles. The van der Waals surface area contributed by atoms with Gasteiger partial charge in [-0.3, -0.25) is 4.98 Å². The Bertz CT molecular complexity index is 1200. The molecule has 4 aromatic rings. The van der Waals surface area contributed by atoms with Crippen molar-refractivity contribution in [3.8, 4) is 0 Å². The molecule has 0 N–H and O–H groups in total. The Morgan fingerprint density at radius 3 is 2.64 bits per heavy atom. The Morgan fingerprint density at radius 2 is 1.86 bits per heavy atom. The molecule has 28 heavy (non-hydrogen) atoms. The first kappa shape index (κ1) is 17.2. The summed E-state index contributed by atoms with van der Waals surface area (Å²) in [6.45, 7) is 1.80. The van der Waals surface area contributed by atoms with Crippen molar-refractivity contribution in [3.05, 3.63) is 48.8 Å². The number of fused-ring (bicyclic) bond motifs is 3. The number of hydrogen-bond acceptors (Lipinski definition) is 7. The highest BCUT2D eigenvalue weighted by atomic mass is 32.3. The van der Waals surface area contributed by atoms with E-state index in [1.165, 1.54) is 29.4 Å². The van der Waals surface area contributed by atoms with Crippen molar-refractivity contribution in [1.29, 1.82) is 0 Å². The average molecular weight is 394 g/mol. The molecule has 1 atom stereocenters. The van der Waals surface area contributed by atoms with Crippen LogP contribution in [0.2, 0.25) is 0 Å². The molecular formula is C19H18N6O2S. The number of anilines is 1. The predicted molar refractivity (Wildman–Crippen MR) is 104 cm³/mol. The maximum atomic E-state index is 13.1. The summed E-state index contributed by atoms with van der Waals surface area (Å²) in [5, 5.41) is 8.90. The van der Waals surface area contributed by atoms with Crippen LogP contribution in [0.4, 0.5) is 5.82 Å². The number of piperidine rings is 1. The molecule has 0 radical (unpaired) electrons. The summed E-state index contributed by atoms with van der Waals surface area (Å²) in [4.78, 5) is 11.0. The predicted octanol–water partition coefficient (Wildman–Crippen LogP) is 2.71. The van der Waals surface area contributed by atoms with Crippen LogP contribution in [0.1, 0.15) is 19.3 Å². The molecule has 8 nitrogen and oxygen atoms in total. The number of rotatable bonds is 3. The first-order valence-electron chi connectivity index (χ1n) is 9.20. The first-order valence-corrected chi connectivity index (χ1v) is 10.7. The molecule has 3 aromatic heterocycles. The summed E-state index contributed by atoms with van der Waals surface area (Å²) in [5.74, 6) is 0.785. The second kappa shape index (κ2) is 6.61. The molecule has 1 unspecified atom stereocenters. The van der Waals surface area contributed by atoms with Crippen LogP contribution in [0.15, 0.2) is 58.7 Å². The van der Waals surface area contributed by atoms with Gasteiger partial charge in [0.05, 0.1) is 11.7 Å². The Morgan fingerprint density at radius 1 is 1.04 bits per heavy atom. The monoisotopic (exact) mass is 394 g/mol. The maximum absolute atomic E-state index is 13.1. The van der Waals surface area contributed by atoms with Gasteiger partial charge in [-0.1, -0.05) is 26.7 Å². The quantitative estimate of drug-likeness (QED) is 0.493. The highest BCUT2D eigenvalue weighted by molar-refractivity contribution is 7.97. The lowest BCUT2D eigenvalue weighted by molar-refractivity contribution is 0.474. The van der Waals surface area contributed by atoms with Gasteiger partial charge in [-0.05, 0) is 43.5 Å². The Labute approximate surface area is 162 Å². The standard InChI is InChI=1S/C19H18N6O2S/c26-28(27,14-7-6-10-20-13-14)19-18-21-17(24-11-4-1-5-12-24)15-8-2-3-9-16(15)25(18)23-22-19/h2-3,6-10,13H,1,4-5,11-12H2. The molecule has 1 saturated heterocycles. The van der Waals surface area contributed by atoms with Crippen molar-refractivity contribution in [2.75, 3.05) is 18.0 Å². The number of para-hydroxylation sites is 1. The van der Waals surface area contributed by atoms with E-state index in [1.807, 2.05) is 24.3 Å². The minimum Gasteiger partial charge on any atom is -0.604 e. The van der Waals surface area contributed by atoms with E-state index in [0.717, 1.165) is 42.7 Å². The number of benzene rings is 1. The van der Waals surface area contributed by atoms with Gasteiger partial charge in [0.1, 0.15) is 16.0 Å². The average Bonchev–Trinajstić information content (AvgIpc) is 3.19. The van der Waals surface area contributed by atoms with Crippen molar-refractivity contribution in [2.24, 2.45) is 0 Å². The van der Waals surface area contributed by atoms with Gasteiger partial charge >= 0.3 is 5.03 Å². The van der Waals surface area contributed by atoms with E-state index in [2.05, 4.69) is 20.2 Å². The Hall–Kier alpha value is -2.91. The van der Waals surface area contributed by atoms with Gasteiger partial charge < -0.3 is 9.45 Å². The third kappa shape index (κ3) is 2.66. The highest BCUT2D eigenvalue weighted by Gasteiger charge is 2.33. The van der Waals surface area contributed by atoms with Gasteiger partial charge in [0.2, 0.25) is 5.65 Å². The Balaban J connectivity index is 1.77. The van der Waals surface area contributed by atoms with Crippen LogP contribution in [0, 0.1) is 0 Å². The molecule has 0 amide bonds. The molecule has 1 aliphatic heterocycles. The van der Waals surface area contributed by atoms with Crippen molar-refractivity contribution in [2.45, 2.75) is 29.2 Å². The minimum absolute atomic E-state index is 0.0758. The number of aromatic nitrogens is 5. The van der Waals surface area contributed by atoms with Crippen LogP contribution in [0.5, 0.6) is 0 Å². The number of pyridine rings is 1. The van der Waals surface area contributed by atoms with Crippen LogP contribution in [0.3, 0.4) is 0 Å². The SMILES string of the molecule is O=[S+]([O-])(c1cccnc1)c1nnn2c1nc(N1CCCCC1)c1ccccc12. The second-order valence-electron chi connectivity index (χ2n) is 6.82. The molecular weight excluding hydrogens is 376 g/mol. The van der Waals surface area contributed by atoms with Crippen molar-refractivity contribution < 1.29 is 8.76 Å². The molecule has 0 bridgehead atoms. The summed E-state index contributed by atoms with van der Waals surface area (Å²) in [6, 6.07) is 10.8. The molecule has 1 fully saturated rings. The zero-order valence-corrected chi connectivity index (χ0v) is 15.9.